The zero-order valence-corrected chi connectivity index (χ0v) is 10.4. The average Bonchev–Trinajstić information content (AvgIpc) is 2.76. The number of rotatable bonds is 5. The number of morpholine rings is 1. The molecule has 0 amide bonds. The van der Waals surface area contributed by atoms with Crippen LogP contribution < -0.4 is 5.32 Å². The minimum Gasteiger partial charge on any atom is -0.383 e. The highest BCUT2D eigenvalue weighted by atomic mass is 16.5. The SMILES string of the molecule is CNCC(COC)N1CCOC2CCCC21. The number of hydrogen-bond acceptors (Lipinski definition) is 4. The Balaban J connectivity index is 1.98. The second-order valence-corrected chi connectivity index (χ2v) is 4.81. The van der Waals surface area contributed by atoms with Crippen LogP contribution in [-0.2, 0) is 9.47 Å². The second-order valence-electron chi connectivity index (χ2n) is 4.81. The third-order valence-electron chi connectivity index (χ3n) is 3.79. The maximum Gasteiger partial charge on any atom is 0.0731 e. The number of likely N-dealkylation sites (N-methyl/N-ethyl adjacent to an activating group) is 1. The molecule has 1 saturated carbocycles. The summed E-state index contributed by atoms with van der Waals surface area (Å²) in [6.45, 7) is 3.74. The zero-order valence-electron chi connectivity index (χ0n) is 10.4. The summed E-state index contributed by atoms with van der Waals surface area (Å²) in [5, 5.41) is 3.27. The van der Waals surface area contributed by atoms with E-state index in [9.17, 15) is 0 Å². The number of nitrogens with zero attached hydrogens (tertiary/aromatic N) is 1. The number of hydrogen-bond donors (Lipinski definition) is 1. The molecule has 2 rings (SSSR count). The molecule has 2 fully saturated rings. The molecular formula is C12H24N2O2. The summed E-state index contributed by atoms with van der Waals surface area (Å²) in [5.74, 6) is 0. The lowest BCUT2D eigenvalue weighted by Crippen LogP contribution is -2.56. The summed E-state index contributed by atoms with van der Waals surface area (Å²) in [6, 6.07) is 1.12. The van der Waals surface area contributed by atoms with Gasteiger partial charge in [0.15, 0.2) is 0 Å². The predicted octanol–water partition coefficient (Wildman–Crippen LogP) is 0.474. The van der Waals surface area contributed by atoms with Gasteiger partial charge in [0.05, 0.1) is 19.3 Å². The molecule has 0 spiro atoms. The van der Waals surface area contributed by atoms with Gasteiger partial charge in [0.1, 0.15) is 0 Å². The molecule has 0 aromatic heterocycles. The first-order valence-corrected chi connectivity index (χ1v) is 6.37. The van der Waals surface area contributed by atoms with Gasteiger partial charge < -0.3 is 14.8 Å². The van der Waals surface area contributed by atoms with E-state index in [4.69, 9.17) is 9.47 Å². The van der Waals surface area contributed by atoms with Crippen molar-refractivity contribution in [2.75, 3.05) is 40.5 Å². The Kier molecular flexibility index (Phi) is 4.58. The van der Waals surface area contributed by atoms with Crippen LogP contribution in [0.3, 0.4) is 0 Å². The van der Waals surface area contributed by atoms with Crippen molar-refractivity contribution in [3.8, 4) is 0 Å². The molecule has 94 valence electrons. The van der Waals surface area contributed by atoms with Crippen LogP contribution in [0.5, 0.6) is 0 Å². The number of nitrogens with one attached hydrogen (secondary N) is 1. The lowest BCUT2D eigenvalue weighted by Gasteiger charge is -2.42. The van der Waals surface area contributed by atoms with Crippen molar-refractivity contribution >= 4 is 0 Å². The van der Waals surface area contributed by atoms with Crippen LogP contribution in [0.15, 0.2) is 0 Å². The zero-order chi connectivity index (χ0) is 11.4. The van der Waals surface area contributed by atoms with Gasteiger partial charge in [-0.05, 0) is 26.3 Å². The van der Waals surface area contributed by atoms with Gasteiger partial charge in [0.2, 0.25) is 0 Å². The summed E-state index contributed by atoms with van der Waals surface area (Å²) >= 11 is 0. The first-order valence-electron chi connectivity index (χ1n) is 6.37. The Morgan fingerprint density at radius 1 is 1.50 bits per heavy atom. The highest BCUT2D eigenvalue weighted by molar-refractivity contribution is 4.92. The van der Waals surface area contributed by atoms with Gasteiger partial charge in [-0.25, -0.2) is 0 Å². The van der Waals surface area contributed by atoms with Crippen LogP contribution in [0.25, 0.3) is 0 Å². The van der Waals surface area contributed by atoms with E-state index in [1.807, 2.05) is 7.05 Å². The van der Waals surface area contributed by atoms with Crippen molar-refractivity contribution in [1.82, 2.24) is 10.2 Å². The molecule has 3 unspecified atom stereocenters. The van der Waals surface area contributed by atoms with E-state index in [1.54, 1.807) is 7.11 Å². The van der Waals surface area contributed by atoms with Crippen molar-refractivity contribution in [2.24, 2.45) is 0 Å². The lowest BCUT2D eigenvalue weighted by molar-refractivity contribution is -0.0804. The van der Waals surface area contributed by atoms with Gasteiger partial charge in [-0.2, -0.15) is 0 Å². The van der Waals surface area contributed by atoms with Crippen molar-refractivity contribution in [3.05, 3.63) is 0 Å². The topological polar surface area (TPSA) is 33.7 Å². The molecule has 4 nitrogen and oxygen atoms in total. The fourth-order valence-electron chi connectivity index (χ4n) is 3.11. The van der Waals surface area contributed by atoms with Crippen LogP contribution in [0, 0.1) is 0 Å². The molecule has 0 aromatic carbocycles. The number of methoxy groups -OCH3 is 1. The van der Waals surface area contributed by atoms with Crippen LogP contribution in [-0.4, -0.2) is 63.5 Å². The maximum absolute atomic E-state index is 5.84. The monoisotopic (exact) mass is 228 g/mol. The summed E-state index contributed by atoms with van der Waals surface area (Å²) in [7, 11) is 3.80. The molecule has 4 heteroatoms. The van der Waals surface area contributed by atoms with Crippen molar-refractivity contribution in [1.29, 1.82) is 0 Å². The minimum absolute atomic E-state index is 0.477. The molecule has 0 aromatic rings. The number of ether oxygens (including phenoxy) is 2. The summed E-state index contributed by atoms with van der Waals surface area (Å²) < 4.78 is 11.2. The van der Waals surface area contributed by atoms with Gasteiger partial charge in [-0.1, -0.05) is 0 Å². The number of fused-ring (bicyclic) bond motifs is 1. The minimum atomic E-state index is 0.477. The van der Waals surface area contributed by atoms with Gasteiger partial charge in [-0.15, -0.1) is 0 Å². The Hall–Kier alpha value is -0.160. The molecule has 0 bridgehead atoms. The van der Waals surface area contributed by atoms with E-state index in [2.05, 4.69) is 10.2 Å². The Morgan fingerprint density at radius 2 is 2.38 bits per heavy atom. The molecule has 1 heterocycles. The summed E-state index contributed by atoms with van der Waals surface area (Å²) in [6.07, 6.45) is 4.31. The van der Waals surface area contributed by atoms with E-state index in [0.717, 1.165) is 26.3 Å². The highest BCUT2D eigenvalue weighted by Gasteiger charge is 2.38. The van der Waals surface area contributed by atoms with Crippen LogP contribution in [0.1, 0.15) is 19.3 Å². The van der Waals surface area contributed by atoms with E-state index in [0.29, 0.717) is 18.2 Å². The molecule has 1 N–H and O–H groups in total. The molecule has 1 aliphatic carbocycles. The Labute approximate surface area is 98.3 Å². The van der Waals surface area contributed by atoms with E-state index < -0.39 is 0 Å². The largest absolute Gasteiger partial charge is 0.383 e. The standard InChI is InChI=1S/C12H24N2O2/c1-13-8-10(9-15-2)14-6-7-16-12-5-3-4-11(12)14/h10-13H,3-9H2,1-2H3. The normalized spacial score (nSPS) is 32.6. The summed E-state index contributed by atoms with van der Waals surface area (Å²) in [5.41, 5.74) is 0. The third kappa shape index (κ3) is 2.56. The fourth-order valence-corrected chi connectivity index (χ4v) is 3.11. The van der Waals surface area contributed by atoms with E-state index >= 15 is 0 Å². The van der Waals surface area contributed by atoms with Crippen molar-refractivity contribution in [3.63, 3.8) is 0 Å². The summed E-state index contributed by atoms with van der Waals surface area (Å²) in [4.78, 5) is 2.60. The van der Waals surface area contributed by atoms with Gasteiger partial charge in [0.25, 0.3) is 0 Å². The molecular weight excluding hydrogens is 204 g/mol. The van der Waals surface area contributed by atoms with Crippen molar-refractivity contribution < 1.29 is 9.47 Å². The van der Waals surface area contributed by atoms with E-state index in [1.165, 1.54) is 19.3 Å². The fraction of sp³-hybridized carbons (Fsp3) is 1.00. The molecule has 16 heavy (non-hydrogen) atoms. The molecule has 1 saturated heterocycles. The van der Waals surface area contributed by atoms with Crippen LogP contribution in [0.4, 0.5) is 0 Å². The average molecular weight is 228 g/mol. The maximum atomic E-state index is 5.84. The first-order chi connectivity index (χ1) is 7.86. The molecule has 2 aliphatic rings. The van der Waals surface area contributed by atoms with Gasteiger partial charge in [-0.3, -0.25) is 4.90 Å². The lowest BCUT2D eigenvalue weighted by atomic mass is 10.1. The smallest absolute Gasteiger partial charge is 0.0731 e. The third-order valence-corrected chi connectivity index (χ3v) is 3.79. The van der Waals surface area contributed by atoms with Gasteiger partial charge >= 0.3 is 0 Å². The van der Waals surface area contributed by atoms with Crippen LogP contribution in [0.2, 0.25) is 0 Å². The van der Waals surface area contributed by atoms with E-state index in [-0.39, 0.29) is 0 Å². The van der Waals surface area contributed by atoms with Gasteiger partial charge in [0, 0.05) is 32.3 Å². The predicted molar refractivity (Wildman–Crippen MR) is 63.7 cm³/mol. The molecule has 0 radical (unpaired) electrons. The van der Waals surface area contributed by atoms with Crippen molar-refractivity contribution in [2.45, 2.75) is 37.5 Å². The Morgan fingerprint density at radius 3 is 3.12 bits per heavy atom. The second kappa shape index (κ2) is 5.96. The molecule has 1 aliphatic heterocycles. The quantitative estimate of drug-likeness (QED) is 0.742. The highest BCUT2D eigenvalue weighted by Crippen LogP contribution is 2.30. The van der Waals surface area contributed by atoms with Crippen LogP contribution >= 0.6 is 0 Å². The first kappa shape index (κ1) is 12.3. The Bertz CT molecular complexity index is 207. The molecule has 3 atom stereocenters.